The molecule has 1 amide bonds. The zero-order valence-electron chi connectivity index (χ0n) is 21.6. The van der Waals surface area contributed by atoms with Crippen LogP contribution < -0.4 is 19.4 Å². The van der Waals surface area contributed by atoms with E-state index in [0.29, 0.717) is 21.9 Å². The summed E-state index contributed by atoms with van der Waals surface area (Å²) < 4.78 is 56.7. The summed E-state index contributed by atoms with van der Waals surface area (Å²) in [6.07, 6.45) is 3.67. The van der Waals surface area contributed by atoms with Crippen LogP contribution in [0.3, 0.4) is 0 Å². The van der Waals surface area contributed by atoms with Crippen molar-refractivity contribution in [1.82, 2.24) is 0 Å². The van der Waals surface area contributed by atoms with Crippen LogP contribution in [0.5, 0.6) is 11.5 Å². The number of hydrogen-bond acceptors (Lipinski definition) is 7. The lowest BCUT2D eigenvalue weighted by Gasteiger charge is -2.23. The number of nitrogens with one attached hydrogen (secondary N) is 1. The molecule has 1 aromatic heterocycles. The summed E-state index contributed by atoms with van der Waals surface area (Å²) in [5, 5.41) is 0.468. The monoisotopic (exact) mass is 626 g/mol. The number of hydrogen-bond donors (Lipinski definition) is 0. The summed E-state index contributed by atoms with van der Waals surface area (Å²) in [6.45, 7) is -3.58. The van der Waals surface area contributed by atoms with Crippen LogP contribution in [-0.4, -0.2) is 42.9 Å². The van der Waals surface area contributed by atoms with Gasteiger partial charge in [-0.2, -0.15) is 8.78 Å². The molecule has 9 nitrogen and oxygen atoms in total. The Bertz CT molecular complexity index is 1500. The van der Waals surface area contributed by atoms with Crippen molar-refractivity contribution in [3.05, 3.63) is 81.3 Å². The second-order valence-corrected chi connectivity index (χ2v) is 10.3. The van der Waals surface area contributed by atoms with Gasteiger partial charge in [-0.3, -0.25) is 19.3 Å². The standard InChI is InChI=1S/C28H21Cl2F3N2O6.H2O/c29-18-10-34-11-19(30)17(18)9-22(15-6-7-21(41-28(32)33)23(8-15)39-13-14-4-5-14)40-24(36)12-35-25-16(26(37)27(35)38)2-1-3-20(25)31;/h1-3,6-8,10-11,14,22,28H,4-5,9,12-13H2;1H2/t22-;/m0./s1. The van der Waals surface area contributed by atoms with Crippen molar-refractivity contribution in [2.75, 3.05) is 18.1 Å². The Balaban J connectivity index is 0.00000405. The molecule has 0 unspecified atom stereocenters. The zero-order valence-corrected chi connectivity index (χ0v) is 23.1. The maximum absolute atomic E-state index is 14.5. The Morgan fingerprint density at radius 3 is 2.45 bits per heavy atom. The van der Waals surface area contributed by atoms with Gasteiger partial charge in [0.25, 0.3) is 11.7 Å². The van der Waals surface area contributed by atoms with E-state index >= 15 is 0 Å². The summed E-state index contributed by atoms with van der Waals surface area (Å²) in [6, 6.07) is 7.72. The van der Waals surface area contributed by atoms with Gasteiger partial charge in [0.05, 0.1) is 17.9 Å². The number of aromatic amines is 1. The molecule has 1 fully saturated rings. The minimum absolute atomic E-state index is 0. The third-order valence-corrected chi connectivity index (χ3v) is 7.29. The number of benzene rings is 2. The summed E-state index contributed by atoms with van der Waals surface area (Å²) in [7, 11) is 0. The van der Waals surface area contributed by atoms with Gasteiger partial charge in [0.15, 0.2) is 23.9 Å². The lowest BCUT2D eigenvalue weighted by Crippen LogP contribution is -2.36. The van der Waals surface area contributed by atoms with Crippen molar-refractivity contribution in [3.63, 3.8) is 0 Å². The number of H-pyrrole nitrogens is 1. The van der Waals surface area contributed by atoms with Gasteiger partial charge >= 0.3 is 12.6 Å². The molecule has 5 rings (SSSR count). The number of fused-ring (bicyclic) bond motifs is 1. The summed E-state index contributed by atoms with van der Waals surface area (Å²) in [4.78, 5) is 41.5. The van der Waals surface area contributed by atoms with Gasteiger partial charge in [-0.1, -0.05) is 35.3 Å². The summed E-state index contributed by atoms with van der Waals surface area (Å²) >= 11 is 12.7. The van der Waals surface area contributed by atoms with E-state index in [1.165, 1.54) is 42.7 Å². The van der Waals surface area contributed by atoms with Crippen molar-refractivity contribution in [2.45, 2.75) is 32.0 Å². The number of alkyl halides is 2. The molecule has 0 bridgehead atoms. The number of anilines is 1. The van der Waals surface area contributed by atoms with Crippen LogP contribution in [0.2, 0.25) is 10.0 Å². The van der Waals surface area contributed by atoms with Crippen molar-refractivity contribution < 1.29 is 52.2 Å². The molecule has 0 saturated heterocycles. The van der Waals surface area contributed by atoms with Crippen molar-refractivity contribution in [3.8, 4) is 11.5 Å². The Morgan fingerprint density at radius 1 is 1.07 bits per heavy atom. The molecule has 2 aromatic carbocycles. The number of para-hydroxylation sites is 1. The van der Waals surface area contributed by atoms with E-state index in [2.05, 4.69) is 9.72 Å². The predicted molar refractivity (Wildman–Crippen MR) is 142 cm³/mol. The number of rotatable bonds is 11. The van der Waals surface area contributed by atoms with Gasteiger partial charge in [0.2, 0.25) is 0 Å². The molecule has 1 aliphatic carbocycles. The highest BCUT2D eigenvalue weighted by Gasteiger charge is 2.39. The third kappa shape index (κ3) is 6.77. The van der Waals surface area contributed by atoms with E-state index in [-0.39, 0.29) is 51.3 Å². The van der Waals surface area contributed by atoms with E-state index in [9.17, 15) is 27.6 Å². The summed E-state index contributed by atoms with van der Waals surface area (Å²) in [5.41, 5.74) is 0.249. The van der Waals surface area contributed by atoms with Gasteiger partial charge in [-0.05, 0) is 48.6 Å². The van der Waals surface area contributed by atoms with Crippen LogP contribution in [-0.2, 0) is 20.7 Å². The maximum Gasteiger partial charge on any atom is 0.387 e. The number of ketones is 1. The number of nitrogens with zero attached hydrogens (tertiary/aromatic N) is 1. The zero-order chi connectivity index (χ0) is 29.3. The molecule has 1 atom stereocenters. The van der Waals surface area contributed by atoms with Crippen LogP contribution >= 0.6 is 23.2 Å². The fourth-order valence-corrected chi connectivity index (χ4v) is 4.93. The number of halogens is 5. The number of amides is 1. The molecule has 2 heterocycles. The molecule has 0 spiro atoms. The SMILES string of the molecule is O=C(CN1C(=O)C(=O)c2cccc(F)c21)O[C@@H](Cc1c(Cl)c[nH+]cc1Cl)c1ccc(OC(F)F)c(OCC2CC2)c1.[OH-]. The van der Waals surface area contributed by atoms with Gasteiger partial charge in [0.1, 0.15) is 28.5 Å². The maximum atomic E-state index is 14.5. The second-order valence-electron chi connectivity index (χ2n) is 9.51. The molecule has 222 valence electrons. The quantitative estimate of drug-likeness (QED) is 0.211. The second kappa shape index (κ2) is 13.0. The molecular weight excluding hydrogens is 604 g/mol. The van der Waals surface area contributed by atoms with Crippen LogP contribution in [0, 0.1) is 11.7 Å². The Morgan fingerprint density at radius 2 is 1.79 bits per heavy atom. The number of esters is 1. The molecule has 14 heteroatoms. The van der Waals surface area contributed by atoms with E-state index < -0.39 is 42.7 Å². The number of carbonyl (C=O) groups is 3. The van der Waals surface area contributed by atoms with Crippen molar-refractivity contribution in [2.24, 2.45) is 5.92 Å². The molecular formula is C28H23Cl2F3N2O7. The van der Waals surface area contributed by atoms with Crippen LogP contribution in [0.1, 0.15) is 40.4 Å². The third-order valence-electron chi connectivity index (χ3n) is 6.61. The topological polar surface area (TPSA) is 126 Å². The van der Waals surface area contributed by atoms with Crippen molar-refractivity contribution in [1.29, 1.82) is 0 Å². The van der Waals surface area contributed by atoms with E-state index in [1.54, 1.807) is 0 Å². The lowest BCUT2D eigenvalue weighted by atomic mass is 10.0. The lowest BCUT2D eigenvalue weighted by molar-refractivity contribution is -0.377. The number of ether oxygens (including phenoxy) is 3. The normalized spacial score (nSPS) is 14.9. The first-order valence-electron chi connectivity index (χ1n) is 12.5. The molecule has 1 saturated carbocycles. The summed E-state index contributed by atoms with van der Waals surface area (Å²) in [5.74, 6) is -3.73. The number of Topliss-reactive ketones (excluding diaryl/α,β-unsaturated/α-hetero) is 1. The average molecular weight is 627 g/mol. The fourth-order valence-electron chi connectivity index (χ4n) is 4.40. The van der Waals surface area contributed by atoms with Gasteiger partial charge < -0.3 is 19.7 Å². The Kier molecular flexibility index (Phi) is 9.60. The predicted octanol–water partition coefficient (Wildman–Crippen LogP) is 5.22. The number of carbonyl (C=O) groups excluding carboxylic acids is 3. The number of aromatic nitrogens is 1. The minimum Gasteiger partial charge on any atom is -0.870 e. The molecule has 42 heavy (non-hydrogen) atoms. The molecule has 1 aliphatic heterocycles. The highest BCUT2D eigenvalue weighted by atomic mass is 35.5. The van der Waals surface area contributed by atoms with Crippen LogP contribution in [0.15, 0.2) is 48.8 Å². The van der Waals surface area contributed by atoms with Crippen molar-refractivity contribution >= 4 is 46.5 Å². The van der Waals surface area contributed by atoms with Gasteiger partial charge in [-0.25, -0.2) is 9.37 Å². The average Bonchev–Trinajstić information content (AvgIpc) is 3.72. The molecule has 2 aliphatic rings. The van der Waals surface area contributed by atoms with Crippen LogP contribution in [0.4, 0.5) is 18.9 Å². The van der Waals surface area contributed by atoms with E-state index in [1.807, 2.05) is 0 Å². The van der Waals surface area contributed by atoms with Gasteiger partial charge in [-0.15, -0.1) is 0 Å². The highest BCUT2D eigenvalue weighted by Crippen LogP contribution is 2.38. The minimum atomic E-state index is -3.10. The fraction of sp³-hybridized carbons (Fsp3) is 0.286. The molecule has 0 radical (unpaired) electrons. The number of pyridine rings is 1. The molecule has 2 N–H and O–H groups in total. The Labute approximate surface area is 247 Å². The largest absolute Gasteiger partial charge is 0.870 e. The Hall–Kier alpha value is -3.87. The smallest absolute Gasteiger partial charge is 0.387 e. The first-order valence-corrected chi connectivity index (χ1v) is 13.3. The van der Waals surface area contributed by atoms with E-state index in [0.717, 1.165) is 18.9 Å². The highest BCUT2D eigenvalue weighted by molar-refractivity contribution is 6.52. The van der Waals surface area contributed by atoms with E-state index in [4.69, 9.17) is 32.7 Å². The first-order chi connectivity index (χ1) is 19.6. The van der Waals surface area contributed by atoms with Gasteiger partial charge in [0, 0.05) is 12.0 Å². The first kappa shape index (κ1) is 31.1. The van der Waals surface area contributed by atoms with Crippen LogP contribution in [0.25, 0.3) is 0 Å². The molecule has 3 aromatic rings.